The van der Waals surface area contributed by atoms with Crippen LogP contribution in [0.4, 0.5) is 4.39 Å². The summed E-state index contributed by atoms with van der Waals surface area (Å²) >= 11 is 0. The van der Waals surface area contributed by atoms with E-state index >= 15 is 0 Å². The summed E-state index contributed by atoms with van der Waals surface area (Å²) in [5, 5.41) is 3.09. The number of pyridine rings is 1. The second-order valence-corrected chi connectivity index (χ2v) is 13.3. The van der Waals surface area contributed by atoms with E-state index in [0.29, 0.717) is 44.9 Å². The van der Waals surface area contributed by atoms with Crippen molar-refractivity contribution in [3.05, 3.63) is 71.5 Å². The van der Waals surface area contributed by atoms with E-state index < -0.39 is 5.92 Å². The summed E-state index contributed by atoms with van der Waals surface area (Å²) in [5.41, 5.74) is 5.30. The number of rotatable bonds is 6. The molecule has 43 heavy (non-hydrogen) atoms. The van der Waals surface area contributed by atoms with Gasteiger partial charge in [0.15, 0.2) is 0 Å². The van der Waals surface area contributed by atoms with Crippen molar-refractivity contribution in [1.29, 1.82) is 0 Å². The van der Waals surface area contributed by atoms with Crippen LogP contribution in [0.5, 0.6) is 0 Å². The Morgan fingerprint density at radius 3 is 2.70 bits per heavy atom. The molecule has 1 saturated heterocycles. The molecule has 0 radical (unpaired) electrons. The van der Waals surface area contributed by atoms with E-state index in [1.54, 1.807) is 12.3 Å². The molecule has 1 N–H and O–H groups in total. The molecule has 1 aromatic heterocycles. The number of aromatic nitrogens is 1. The number of ether oxygens (including phenoxy) is 1. The van der Waals surface area contributed by atoms with Crippen LogP contribution in [0.3, 0.4) is 0 Å². The maximum absolute atomic E-state index is 14.0. The lowest BCUT2D eigenvalue weighted by molar-refractivity contribution is -0.125. The largest absolute Gasteiger partial charge is 0.380 e. The predicted octanol–water partition coefficient (Wildman–Crippen LogP) is 5.76. The van der Waals surface area contributed by atoms with E-state index in [2.05, 4.69) is 17.2 Å². The van der Waals surface area contributed by atoms with Gasteiger partial charge < -0.3 is 10.1 Å². The quantitative estimate of drug-likeness (QED) is 0.470. The van der Waals surface area contributed by atoms with E-state index in [1.807, 2.05) is 30.4 Å². The molecule has 1 spiro atoms. The molecule has 7 nitrogen and oxygen atoms in total. The molecule has 2 unspecified atom stereocenters. The molecule has 7 rings (SSSR count). The molecule has 2 saturated carbocycles. The number of carbonyl (C=O) groups excluding carboxylic acids is 2. The topological polar surface area (TPSA) is 93.0 Å². The Hall–Kier alpha value is -3.78. The smallest absolute Gasteiger partial charge is 0.269 e. The molecule has 1 amide bonds. The molecule has 8 heteroatoms. The van der Waals surface area contributed by atoms with Crippen molar-refractivity contribution < 1.29 is 18.7 Å². The van der Waals surface area contributed by atoms with Crippen LogP contribution in [0.25, 0.3) is 17.2 Å². The van der Waals surface area contributed by atoms with Gasteiger partial charge in [-0.3, -0.25) is 24.6 Å². The van der Waals surface area contributed by atoms with Crippen molar-refractivity contribution in [2.45, 2.75) is 51.9 Å². The van der Waals surface area contributed by atoms with Crippen LogP contribution in [0, 0.1) is 28.5 Å². The molecule has 5 aliphatic rings. The number of hydrogen-bond donors (Lipinski definition) is 1. The van der Waals surface area contributed by atoms with Crippen molar-refractivity contribution in [1.82, 2.24) is 10.3 Å². The van der Waals surface area contributed by atoms with E-state index in [4.69, 9.17) is 14.7 Å². The van der Waals surface area contributed by atoms with E-state index in [9.17, 15) is 14.0 Å². The molecule has 3 aliphatic heterocycles. The van der Waals surface area contributed by atoms with Gasteiger partial charge in [0.1, 0.15) is 17.3 Å². The Balaban J connectivity index is 1.21. The molecular formula is C35H37FN4O3. The van der Waals surface area contributed by atoms with Gasteiger partial charge in [0.2, 0.25) is 0 Å². The van der Waals surface area contributed by atoms with Gasteiger partial charge in [0.05, 0.1) is 24.8 Å². The number of halogens is 1. The summed E-state index contributed by atoms with van der Waals surface area (Å²) < 4.78 is 19.1. The van der Waals surface area contributed by atoms with Crippen LogP contribution in [-0.4, -0.2) is 54.4 Å². The van der Waals surface area contributed by atoms with Crippen LogP contribution in [0.1, 0.15) is 57.6 Å². The van der Waals surface area contributed by atoms with Gasteiger partial charge in [0, 0.05) is 66.0 Å². The Kier molecular flexibility index (Phi) is 7.20. The van der Waals surface area contributed by atoms with Gasteiger partial charge >= 0.3 is 0 Å². The molecule has 1 aromatic carbocycles. The minimum atomic E-state index is -0.401. The molecule has 3 fully saturated rings. The van der Waals surface area contributed by atoms with Crippen molar-refractivity contribution in [2.24, 2.45) is 32.7 Å². The maximum Gasteiger partial charge on any atom is 0.269 e. The van der Waals surface area contributed by atoms with E-state index in [1.165, 1.54) is 25.0 Å². The van der Waals surface area contributed by atoms with Crippen LogP contribution in [0.15, 0.2) is 69.9 Å². The second kappa shape index (κ2) is 11.1. The van der Waals surface area contributed by atoms with Crippen molar-refractivity contribution in [2.75, 3.05) is 26.3 Å². The summed E-state index contributed by atoms with van der Waals surface area (Å²) in [6, 6.07) is 10.3. The lowest BCUT2D eigenvalue weighted by Crippen LogP contribution is -2.51. The summed E-state index contributed by atoms with van der Waals surface area (Å²) in [6.07, 6.45) is 12.3. The van der Waals surface area contributed by atoms with Crippen molar-refractivity contribution in [3.63, 3.8) is 0 Å². The number of benzene rings is 1. The number of hydrogen-bond acceptors (Lipinski definition) is 6. The number of fused-ring (bicyclic) bond motifs is 1. The minimum absolute atomic E-state index is 0.0380. The third kappa shape index (κ3) is 5.42. The first-order valence-corrected chi connectivity index (χ1v) is 15.5. The van der Waals surface area contributed by atoms with Crippen LogP contribution in [-0.2, 0) is 14.3 Å². The number of nitrogens with zero attached hydrogens (tertiary/aromatic N) is 3. The zero-order valence-electron chi connectivity index (χ0n) is 24.6. The highest BCUT2D eigenvalue weighted by Crippen LogP contribution is 2.52. The van der Waals surface area contributed by atoms with Gasteiger partial charge in [0.25, 0.3) is 5.91 Å². The molecule has 2 atom stereocenters. The van der Waals surface area contributed by atoms with Crippen LogP contribution in [0.2, 0.25) is 0 Å². The first kappa shape index (κ1) is 28.0. The minimum Gasteiger partial charge on any atom is -0.380 e. The van der Waals surface area contributed by atoms with Gasteiger partial charge in [-0.05, 0) is 54.5 Å². The number of amides is 1. The Labute approximate surface area is 251 Å². The molecule has 2 aliphatic carbocycles. The fourth-order valence-corrected chi connectivity index (χ4v) is 7.53. The predicted molar refractivity (Wildman–Crippen MR) is 164 cm³/mol. The highest BCUT2D eigenvalue weighted by molar-refractivity contribution is 6.46. The Bertz CT molecular complexity index is 1580. The first-order valence-electron chi connectivity index (χ1n) is 15.5. The molecule has 0 bridgehead atoms. The standard InChI is InChI=1S/C35H37FN4O3/c1-34(20-43-21-34)19-39-33(42)32-31-26(10-9-25-8-7-23(18-38-25)22-5-4-6-24(36)15-22)30-28(40-27(31)11-14-37-32)16-35(17-29(30)41)12-2-3-13-35/h4-10,15,18,26,30H,2-3,11-14,16-17,19-21H2,1H3,(H,39,42)/b10-9+. The summed E-state index contributed by atoms with van der Waals surface area (Å²) in [6.45, 7) is 4.35. The maximum atomic E-state index is 14.0. The third-order valence-corrected chi connectivity index (χ3v) is 9.84. The fraction of sp³-hybridized carbons (Fsp3) is 0.457. The summed E-state index contributed by atoms with van der Waals surface area (Å²) in [5.74, 6) is -1.04. The Morgan fingerprint density at radius 1 is 1.14 bits per heavy atom. The second-order valence-electron chi connectivity index (χ2n) is 13.3. The number of ketones is 1. The molecule has 4 heterocycles. The average molecular weight is 581 g/mol. The number of dihydropyridines is 1. The first-order chi connectivity index (χ1) is 20.8. The number of nitrogens with one attached hydrogen (secondary N) is 1. The Morgan fingerprint density at radius 2 is 1.98 bits per heavy atom. The zero-order chi connectivity index (χ0) is 29.6. The number of aliphatic imine (C=N–C) groups is 2. The van der Waals surface area contributed by atoms with E-state index in [0.717, 1.165) is 53.1 Å². The number of Topliss-reactive ketones (excluding diaryl/α,β-unsaturated/α-hetero) is 1. The van der Waals surface area contributed by atoms with Gasteiger partial charge in [-0.25, -0.2) is 4.39 Å². The van der Waals surface area contributed by atoms with Crippen LogP contribution >= 0.6 is 0 Å². The van der Waals surface area contributed by atoms with Crippen molar-refractivity contribution in [3.8, 4) is 11.1 Å². The van der Waals surface area contributed by atoms with Crippen LogP contribution < -0.4 is 5.32 Å². The fourth-order valence-electron chi connectivity index (χ4n) is 7.53. The summed E-state index contributed by atoms with van der Waals surface area (Å²) in [4.78, 5) is 42.0. The van der Waals surface area contributed by atoms with Crippen molar-refractivity contribution >= 4 is 29.2 Å². The molecular weight excluding hydrogens is 543 g/mol. The molecule has 2 aromatic rings. The summed E-state index contributed by atoms with van der Waals surface area (Å²) in [7, 11) is 0. The third-order valence-electron chi connectivity index (χ3n) is 9.84. The highest BCUT2D eigenvalue weighted by Gasteiger charge is 2.50. The zero-order valence-corrected chi connectivity index (χ0v) is 24.6. The van der Waals surface area contributed by atoms with Gasteiger partial charge in [-0.2, -0.15) is 0 Å². The van der Waals surface area contributed by atoms with Gasteiger partial charge in [-0.15, -0.1) is 0 Å². The normalized spacial score (nSPS) is 25.6. The monoisotopic (exact) mass is 580 g/mol. The average Bonchev–Trinajstić information content (AvgIpc) is 3.43. The number of carbonyl (C=O) groups is 2. The lowest BCUT2D eigenvalue weighted by atomic mass is 9.62. The number of allylic oxidation sites excluding steroid dienone is 1. The highest BCUT2D eigenvalue weighted by atomic mass is 19.1. The van der Waals surface area contributed by atoms with Gasteiger partial charge in [-0.1, -0.05) is 44.0 Å². The SMILES string of the molecule is CC1(CNC(=O)C2=NCCC3=C2C(/C=C/c2ccc(-c4cccc(F)c4)cn2)C2C(=O)CC4(CCCC4)CC2=N3)COC1. The molecule has 222 valence electrons. The van der Waals surface area contributed by atoms with E-state index in [-0.39, 0.29) is 34.3 Å². The lowest BCUT2D eigenvalue weighted by Gasteiger charge is -2.43.